The average molecular weight is 381 g/mol. The third-order valence-electron chi connectivity index (χ3n) is 4.23. The molecular weight excluding hydrogens is 340 g/mol. The molecule has 0 aliphatic rings. The highest BCUT2D eigenvalue weighted by Crippen LogP contribution is 2.25. The monoisotopic (exact) mass is 380 g/mol. The van der Waals surface area contributed by atoms with Crippen LogP contribution < -0.4 is 0 Å². The molecule has 0 N–H and O–H groups in total. The minimum absolute atomic E-state index is 0.133. The number of unbranched alkanes of at least 4 members (excludes halogenated alkanes) is 9. The lowest BCUT2D eigenvalue weighted by molar-refractivity contribution is 0.0680. The van der Waals surface area contributed by atoms with E-state index in [9.17, 15) is 0 Å². The van der Waals surface area contributed by atoms with E-state index in [0.29, 0.717) is 19.8 Å². The van der Waals surface area contributed by atoms with Gasteiger partial charge in [0.15, 0.2) is 0 Å². The molecule has 0 radical (unpaired) electrons. The van der Waals surface area contributed by atoms with E-state index < -0.39 is 8.80 Å². The summed E-state index contributed by atoms with van der Waals surface area (Å²) in [5.41, 5.74) is 0. The molecule has 24 heavy (non-hydrogen) atoms. The first-order chi connectivity index (χ1) is 11.7. The van der Waals surface area contributed by atoms with Crippen LogP contribution in [0.3, 0.4) is 0 Å². The van der Waals surface area contributed by atoms with Gasteiger partial charge in [-0.2, -0.15) is 0 Å². The second kappa shape index (κ2) is 16.8. The van der Waals surface area contributed by atoms with Gasteiger partial charge in [0.1, 0.15) is 5.00 Å². The molecule has 0 aliphatic heterocycles. The Morgan fingerprint density at radius 3 is 1.38 bits per heavy atom. The van der Waals surface area contributed by atoms with Crippen molar-refractivity contribution in [3.05, 3.63) is 0 Å². The Hall–Kier alpha value is 0.387. The van der Waals surface area contributed by atoms with Gasteiger partial charge in [-0.05, 0) is 27.2 Å². The second-order valence-electron chi connectivity index (χ2n) is 6.34. The predicted molar refractivity (Wildman–Crippen MR) is 107 cm³/mol. The molecule has 3 nitrogen and oxygen atoms in total. The van der Waals surface area contributed by atoms with Gasteiger partial charge in [0.05, 0.1) is 0 Å². The molecule has 1 atom stereocenters. The fourth-order valence-corrected chi connectivity index (χ4v) is 6.27. The largest absolute Gasteiger partial charge is 0.519 e. The molecule has 0 fully saturated rings. The summed E-state index contributed by atoms with van der Waals surface area (Å²) in [6.45, 7) is 9.97. The number of halogens is 1. The first kappa shape index (κ1) is 24.4. The van der Waals surface area contributed by atoms with Gasteiger partial charge in [-0.25, -0.2) is 0 Å². The maximum absolute atomic E-state index is 6.64. The van der Waals surface area contributed by atoms with Gasteiger partial charge < -0.3 is 13.3 Å². The van der Waals surface area contributed by atoms with Crippen LogP contribution in [0.2, 0.25) is 0 Å². The Bertz CT molecular complexity index is 250. The lowest BCUT2D eigenvalue weighted by atomic mass is 10.1. The number of hydrogen-bond acceptors (Lipinski definition) is 3. The van der Waals surface area contributed by atoms with Crippen LogP contribution >= 0.6 is 11.6 Å². The summed E-state index contributed by atoms with van der Waals surface area (Å²) in [5, 5.41) is -0.133. The summed E-state index contributed by atoms with van der Waals surface area (Å²) in [4.78, 5) is 0. The zero-order valence-electron chi connectivity index (χ0n) is 16.6. The lowest BCUT2D eigenvalue weighted by Crippen LogP contribution is -2.54. The van der Waals surface area contributed by atoms with E-state index in [0.717, 1.165) is 12.8 Å². The third kappa shape index (κ3) is 11.1. The van der Waals surface area contributed by atoms with Gasteiger partial charge >= 0.3 is 8.80 Å². The molecule has 146 valence electrons. The van der Waals surface area contributed by atoms with Gasteiger partial charge in [0.25, 0.3) is 0 Å². The maximum atomic E-state index is 6.64. The topological polar surface area (TPSA) is 27.7 Å². The van der Waals surface area contributed by atoms with Crippen molar-refractivity contribution in [3.63, 3.8) is 0 Å². The summed E-state index contributed by atoms with van der Waals surface area (Å²) in [7, 11) is -2.73. The van der Waals surface area contributed by atoms with Gasteiger partial charge in [0, 0.05) is 19.8 Å². The fourth-order valence-electron chi connectivity index (χ4n) is 2.99. The Labute approximate surface area is 157 Å². The van der Waals surface area contributed by atoms with Crippen LogP contribution in [0.1, 0.15) is 98.3 Å². The molecule has 0 aromatic heterocycles. The van der Waals surface area contributed by atoms with E-state index in [4.69, 9.17) is 24.9 Å². The molecule has 0 aliphatic carbocycles. The second-order valence-corrected chi connectivity index (χ2v) is 10.0. The summed E-state index contributed by atoms with van der Waals surface area (Å²) in [5.74, 6) is 0. The van der Waals surface area contributed by atoms with Crippen molar-refractivity contribution >= 4 is 20.4 Å². The van der Waals surface area contributed by atoms with E-state index in [1.807, 2.05) is 20.8 Å². The standard InChI is InChI=1S/C19H41ClO3Si/c1-5-9-10-11-12-13-14-15-16-17-18-19(20)24(21-6-2,22-7-3)23-8-4/h19H,5-18H2,1-4H3. The number of hydrogen-bond donors (Lipinski definition) is 0. The van der Waals surface area contributed by atoms with Crippen molar-refractivity contribution in [1.82, 2.24) is 0 Å². The molecule has 0 aromatic carbocycles. The summed E-state index contributed by atoms with van der Waals surface area (Å²) >= 11 is 6.64. The highest BCUT2D eigenvalue weighted by Gasteiger charge is 2.48. The molecule has 0 bridgehead atoms. The maximum Gasteiger partial charge on any atom is 0.519 e. The van der Waals surface area contributed by atoms with Crippen LogP contribution in [-0.4, -0.2) is 33.6 Å². The quantitative estimate of drug-likeness (QED) is 0.154. The van der Waals surface area contributed by atoms with Crippen LogP contribution in [-0.2, 0) is 13.3 Å². The molecule has 0 saturated heterocycles. The molecule has 0 spiro atoms. The van der Waals surface area contributed by atoms with E-state index in [2.05, 4.69) is 6.92 Å². The van der Waals surface area contributed by atoms with E-state index in [1.165, 1.54) is 57.8 Å². The van der Waals surface area contributed by atoms with E-state index in [1.54, 1.807) is 0 Å². The minimum atomic E-state index is -2.73. The molecule has 0 rings (SSSR count). The number of rotatable bonds is 18. The average Bonchev–Trinajstić information content (AvgIpc) is 2.57. The first-order valence-corrected chi connectivity index (χ1v) is 12.5. The summed E-state index contributed by atoms with van der Waals surface area (Å²) in [6.07, 6.45) is 14.3. The van der Waals surface area contributed by atoms with Crippen LogP contribution in [0.5, 0.6) is 0 Å². The van der Waals surface area contributed by atoms with Crippen molar-refractivity contribution in [2.24, 2.45) is 0 Å². The van der Waals surface area contributed by atoms with Gasteiger partial charge in [-0.15, -0.1) is 11.6 Å². The zero-order valence-corrected chi connectivity index (χ0v) is 18.3. The van der Waals surface area contributed by atoms with Crippen LogP contribution in [0.4, 0.5) is 0 Å². The van der Waals surface area contributed by atoms with Gasteiger partial charge in [-0.1, -0.05) is 71.1 Å². The van der Waals surface area contributed by atoms with Crippen molar-refractivity contribution in [1.29, 1.82) is 0 Å². The first-order valence-electron chi connectivity index (χ1n) is 10.2. The third-order valence-corrected chi connectivity index (χ3v) is 8.38. The SMILES string of the molecule is CCCCCCCCCCCCC(Cl)[Si](OCC)(OCC)OCC. The molecule has 5 heteroatoms. The molecular formula is C19H41ClO3Si. The van der Waals surface area contributed by atoms with E-state index in [-0.39, 0.29) is 5.00 Å². The highest BCUT2D eigenvalue weighted by atomic mass is 35.5. The normalized spacial score (nSPS) is 13.4. The Morgan fingerprint density at radius 1 is 0.625 bits per heavy atom. The van der Waals surface area contributed by atoms with Gasteiger partial charge in [-0.3, -0.25) is 0 Å². The Morgan fingerprint density at radius 2 is 1.00 bits per heavy atom. The van der Waals surface area contributed by atoms with Crippen LogP contribution in [0.15, 0.2) is 0 Å². The van der Waals surface area contributed by atoms with E-state index >= 15 is 0 Å². The molecule has 0 aromatic rings. The van der Waals surface area contributed by atoms with Crippen molar-refractivity contribution in [2.75, 3.05) is 19.8 Å². The Balaban J connectivity index is 3.89. The molecule has 1 unspecified atom stereocenters. The highest BCUT2D eigenvalue weighted by molar-refractivity contribution is 6.71. The molecule has 0 amide bonds. The summed E-state index contributed by atoms with van der Waals surface area (Å²) in [6, 6.07) is 0. The van der Waals surface area contributed by atoms with Crippen LogP contribution in [0.25, 0.3) is 0 Å². The van der Waals surface area contributed by atoms with Gasteiger partial charge in [0.2, 0.25) is 0 Å². The summed E-state index contributed by atoms with van der Waals surface area (Å²) < 4.78 is 17.6. The van der Waals surface area contributed by atoms with Crippen molar-refractivity contribution in [2.45, 2.75) is 103 Å². The Kier molecular flexibility index (Phi) is 17.1. The molecule has 0 heterocycles. The van der Waals surface area contributed by atoms with Crippen molar-refractivity contribution < 1.29 is 13.3 Å². The fraction of sp³-hybridized carbons (Fsp3) is 1.00. The number of alkyl halides is 1. The minimum Gasteiger partial charge on any atom is -0.373 e. The predicted octanol–water partition coefficient (Wildman–Crippen LogP) is 6.49. The van der Waals surface area contributed by atoms with Crippen LogP contribution in [0, 0.1) is 0 Å². The smallest absolute Gasteiger partial charge is 0.373 e. The van der Waals surface area contributed by atoms with Crippen molar-refractivity contribution in [3.8, 4) is 0 Å². The zero-order chi connectivity index (χ0) is 18.1. The molecule has 0 saturated carbocycles. The lowest BCUT2D eigenvalue weighted by Gasteiger charge is -2.32.